The zero-order valence-corrected chi connectivity index (χ0v) is 13.7. The van der Waals surface area contributed by atoms with Crippen LogP contribution < -0.4 is 5.32 Å². The first-order valence-electron chi connectivity index (χ1n) is 8.26. The molecular formula is C17H32N2O. The minimum Gasteiger partial charge on any atom is -0.378 e. The van der Waals surface area contributed by atoms with E-state index >= 15 is 0 Å². The van der Waals surface area contributed by atoms with E-state index in [2.05, 4.69) is 32.2 Å². The highest BCUT2D eigenvalue weighted by molar-refractivity contribution is 5.04. The third-order valence-electron chi connectivity index (χ3n) is 4.24. The van der Waals surface area contributed by atoms with Crippen molar-refractivity contribution in [1.82, 2.24) is 5.32 Å². The molecule has 1 rings (SSSR count). The Labute approximate surface area is 125 Å². The highest BCUT2D eigenvalue weighted by atomic mass is 16.5. The summed E-state index contributed by atoms with van der Waals surface area (Å²) in [6.07, 6.45) is 8.58. The van der Waals surface area contributed by atoms with Gasteiger partial charge in [0.05, 0.1) is 12.2 Å². The Balaban J connectivity index is 2.10. The number of nitrogens with zero attached hydrogens (tertiary/aromatic N) is 1. The monoisotopic (exact) mass is 280 g/mol. The van der Waals surface area contributed by atoms with Crippen LogP contribution in [0.5, 0.6) is 0 Å². The summed E-state index contributed by atoms with van der Waals surface area (Å²) in [7, 11) is 0. The Bertz CT molecular complexity index is 303. The molecule has 1 fully saturated rings. The second kappa shape index (κ2) is 8.64. The van der Waals surface area contributed by atoms with Gasteiger partial charge in [0.25, 0.3) is 0 Å². The quantitative estimate of drug-likeness (QED) is 0.683. The molecule has 116 valence electrons. The first-order valence-corrected chi connectivity index (χ1v) is 8.26. The molecule has 0 aliphatic heterocycles. The molecule has 1 aliphatic carbocycles. The molecule has 0 spiro atoms. The Morgan fingerprint density at radius 2 is 1.90 bits per heavy atom. The third-order valence-corrected chi connectivity index (χ3v) is 4.24. The van der Waals surface area contributed by atoms with Crippen LogP contribution in [0.25, 0.3) is 0 Å². The van der Waals surface area contributed by atoms with Crippen LogP contribution in [0.15, 0.2) is 0 Å². The van der Waals surface area contributed by atoms with Crippen LogP contribution in [0.2, 0.25) is 0 Å². The van der Waals surface area contributed by atoms with Crippen LogP contribution in [0.4, 0.5) is 0 Å². The van der Waals surface area contributed by atoms with Crippen molar-refractivity contribution in [2.24, 2.45) is 5.92 Å². The number of ether oxygens (including phenoxy) is 1. The molecule has 0 aromatic rings. The van der Waals surface area contributed by atoms with E-state index in [1.165, 1.54) is 25.7 Å². The van der Waals surface area contributed by atoms with Crippen LogP contribution in [-0.4, -0.2) is 24.3 Å². The van der Waals surface area contributed by atoms with E-state index in [1.54, 1.807) is 0 Å². The van der Waals surface area contributed by atoms with Crippen molar-refractivity contribution in [2.45, 2.75) is 90.3 Å². The third kappa shape index (κ3) is 6.72. The van der Waals surface area contributed by atoms with Gasteiger partial charge in [0.2, 0.25) is 0 Å². The van der Waals surface area contributed by atoms with Crippen molar-refractivity contribution >= 4 is 0 Å². The summed E-state index contributed by atoms with van der Waals surface area (Å²) in [5.74, 6) is 0.883. The van der Waals surface area contributed by atoms with Crippen molar-refractivity contribution < 1.29 is 4.74 Å². The summed E-state index contributed by atoms with van der Waals surface area (Å²) in [4.78, 5) is 0. The molecule has 0 saturated heterocycles. The number of hydrogen-bond donors (Lipinski definition) is 1. The fourth-order valence-electron chi connectivity index (χ4n) is 3.02. The van der Waals surface area contributed by atoms with Gasteiger partial charge in [-0.05, 0) is 71.6 Å². The van der Waals surface area contributed by atoms with Gasteiger partial charge in [0, 0.05) is 12.6 Å². The number of unbranched alkanes of at least 4 members (excludes halogenated alkanes) is 1. The van der Waals surface area contributed by atoms with Crippen molar-refractivity contribution in [3.8, 4) is 6.07 Å². The average Bonchev–Trinajstić information content (AvgIpc) is 2.40. The van der Waals surface area contributed by atoms with E-state index < -0.39 is 5.54 Å². The van der Waals surface area contributed by atoms with Crippen LogP contribution in [0.1, 0.15) is 72.6 Å². The van der Waals surface area contributed by atoms with Gasteiger partial charge < -0.3 is 4.74 Å². The molecule has 3 heteroatoms. The molecule has 1 unspecified atom stereocenters. The van der Waals surface area contributed by atoms with Crippen LogP contribution in [0.3, 0.4) is 0 Å². The summed E-state index contributed by atoms with van der Waals surface area (Å²) in [6.45, 7) is 9.35. The lowest BCUT2D eigenvalue weighted by molar-refractivity contribution is 0.0175. The predicted octanol–water partition coefficient (Wildman–Crippen LogP) is 4.03. The maximum Gasteiger partial charge on any atom is 0.104 e. The highest BCUT2D eigenvalue weighted by Crippen LogP contribution is 2.25. The van der Waals surface area contributed by atoms with Gasteiger partial charge in [-0.3, -0.25) is 5.32 Å². The summed E-state index contributed by atoms with van der Waals surface area (Å²) in [6, 6.07) is 2.75. The minimum absolute atomic E-state index is 0.347. The Hall–Kier alpha value is -0.590. The summed E-state index contributed by atoms with van der Waals surface area (Å²) < 4.78 is 5.96. The second-order valence-corrected chi connectivity index (χ2v) is 6.95. The van der Waals surface area contributed by atoms with Crippen LogP contribution >= 0.6 is 0 Å². The summed E-state index contributed by atoms with van der Waals surface area (Å²) in [5.41, 5.74) is -0.394. The summed E-state index contributed by atoms with van der Waals surface area (Å²) >= 11 is 0. The first-order chi connectivity index (χ1) is 9.45. The fourth-order valence-corrected chi connectivity index (χ4v) is 3.02. The fraction of sp³-hybridized carbons (Fsp3) is 0.941. The topological polar surface area (TPSA) is 45.0 Å². The SMILES string of the molecule is CC1CCC(OCCCCC(C)(C#N)NC(C)C)CC1. The van der Waals surface area contributed by atoms with E-state index in [-0.39, 0.29) is 0 Å². The van der Waals surface area contributed by atoms with E-state index in [4.69, 9.17) is 4.74 Å². The van der Waals surface area contributed by atoms with Gasteiger partial charge in [-0.25, -0.2) is 0 Å². The molecule has 0 amide bonds. The predicted molar refractivity (Wildman–Crippen MR) is 83.5 cm³/mol. The van der Waals surface area contributed by atoms with Crippen molar-refractivity contribution in [1.29, 1.82) is 5.26 Å². The second-order valence-electron chi connectivity index (χ2n) is 6.95. The molecule has 1 aliphatic rings. The van der Waals surface area contributed by atoms with Gasteiger partial charge in [-0.1, -0.05) is 6.92 Å². The molecule has 1 N–H and O–H groups in total. The molecule has 3 nitrogen and oxygen atoms in total. The molecule has 0 heterocycles. The lowest BCUT2D eigenvalue weighted by Gasteiger charge is -2.27. The molecule has 1 saturated carbocycles. The number of hydrogen-bond acceptors (Lipinski definition) is 3. The maximum atomic E-state index is 9.28. The van der Waals surface area contributed by atoms with Crippen molar-refractivity contribution in [3.63, 3.8) is 0 Å². The standard InChI is InChI=1S/C17H32N2O/c1-14(2)19-17(4,13-18)11-5-6-12-20-16-9-7-15(3)8-10-16/h14-16,19H,5-12H2,1-4H3. The van der Waals surface area contributed by atoms with Gasteiger partial charge in [-0.2, -0.15) is 5.26 Å². The minimum atomic E-state index is -0.394. The number of nitrogens with one attached hydrogen (secondary N) is 1. The van der Waals surface area contributed by atoms with E-state index in [0.29, 0.717) is 12.1 Å². The summed E-state index contributed by atoms with van der Waals surface area (Å²) in [5, 5.41) is 12.6. The average molecular weight is 280 g/mol. The lowest BCUT2D eigenvalue weighted by atomic mass is 9.89. The highest BCUT2D eigenvalue weighted by Gasteiger charge is 2.23. The Morgan fingerprint density at radius 3 is 2.45 bits per heavy atom. The lowest BCUT2D eigenvalue weighted by Crippen LogP contribution is -2.44. The van der Waals surface area contributed by atoms with Gasteiger partial charge in [0.1, 0.15) is 5.54 Å². The van der Waals surface area contributed by atoms with Gasteiger partial charge in [0.15, 0.2) is 0 Å². The molecule has 0 aromatic carbocycles. The van der Waals surface area contributed by atoms with Crippen molar-refractivity contribution in [3.05, 3.63) is 0 Å². The molecule has 0 bridgehead atoms. The molecular weight excluding hydrogens is 248 g/mol. The molecule has 0 radical (unpaired) electrons. The largest absolute Gasteiger partial charge is 0.378 e. The number of rotatable bonds is 8. The normalized spacial score (nSPS) is 26.2. The van der Waals surface area contributed by atoms with Gasteiger partial charge >= 0.3 is 0 Å². The van der Waals surface area contributed by atoms with E-state index in [0.717, 1.165) is 31.8 Å². The first kappa shape index (κ1) is 17.5. The number of nitriles is 1. The molecule has 0 aromatic heterocycles. The zero-order chi connectivity index (χ0) is 15.0. The van der Waals surface area contributed by atoms with Gasteiger partial charge in [-0.15, -0.1) is 0 Å². The zero-order valence-electron chi connectivity index (χ0n) is 13.7. The smallest absolute Gasteiger partial charge is 0.104 e. The molecule has 1 atom stereocenters. The van der Waals surface area contributed by atoms with E-state index in [9.17, 15) is 5.26 Å². The molecule has 20 heavy (non-hydrogen) atoms. The van der Waals surface area contributed by atoms with E-state index in [1.807, 2.05) is 6.92 Å². The Kier molecular flexibility index (Phi) is 7.55. The van der Waals surface area contributed by atoms with Crippen LogP contribution in [-0.2, 0) is 4.74 Å². The van der Waals surface area contributed by atoms with Crippen LogP contribution in [0, 0.1) is 17.2 Å². The Morgan fingerprint density at radius 1 is 1.25 bits per heavy atom. The maximum absolute atomic E-state index is 9.28. The van der Waals surface area contributed by atoms with Crippen molar-refractivity contribution in [2.75, 3.05) is 6.61 Å².